The molecule has 4 heteroatoms. The summed E-state index contributed by atoms with van der Waals surface area (Å²) in [5.41, 5.74) is 0. The summed E-state index contributed by atoms with van der Waals surface area (Å²) in [6, 6.07) is -0.0717. The number of carbonyl (C=O) groups excluding carboxylic acids is 2. The fourth-order valence-corrected chi connectivity index (χ4v) is 3.31. The van der Waals surface area contributed by atoms with E-state index in [9.17, 15) is 9.59 Å². The molecule has 0 aromatic heterocycles. The van der Waals surface area contributed by atoms with E-state index in [0.29, 0.717) is 12.0 Å². The lowest BCUT2D eigenvalue weighted by Gasteiger charge is -2.46. The zero-order valence-corrected chi connectivity index (χ0v) is 10.6. The van der Waals surface area contributed by atoms with Crippen LogP contribution in [0.3, 0.4) is 0 Å². The van der Waals surface area contributed by atoms with Crippen LogP contribution in [0.5, 0.6) is 0 Å². The van der Waals surface area contributed by atoms with Gasteiger partial charge in [-0.3, -0.25) is 9.59 Å². The maximum absolute atomic E-state index is 12.5. The van der Waals surface area contributed by atoms with E-state index < -0.39 is 0 Å². The third-order valence-corrected chi connectivity index (χ3v) is 4.52. The van der Waals surface area contributed by atoms with Gasteiger partial charge >= 0.3 is 0 Å². The second-order valence-corrected chi connectivity index (χ2v) is 5.75. The summed E-state index contributed by atoms with van der Waals surface area (Å²) in [7, 11) is 0. The van der Waals surface area contributed by atoms with E-state index in [1.165, 1.54) is 0 Å². The Balaban J connectivity index is 1.87. The van der Waals surface area contributed by atoms with Crippen LogP contribution in [0, 0.1) is 5.92 Å². The Kier molecular flexibility index (Phi) is 2.42. The minimum atomic E-state index is -0.244. The first-order valence-electron chi connectivity index (χ1n) is 6.74. The highest BCUT2D eigenvalue weighted by Gasteiger charge is 2.51. The maximum Gasteiger partial charge on any atom is 0.246 e. The summed E-state index contributed by atoms with van der Waals surface area (Å²) >= 11 is 0. The van der Waals surface area contributed by atoms with E-state index in [1.807, 2.05) is 16.7 Å². The van der Waals surface area contributed by atoms with Gasteiger partial charge in [-0.05, 0) is 38.5 Å². The van der Waals surface area contributed by atoms with Crippen molar-refractivity contribution >= 4 is 11.8 Å². The van der Waals surface area contributed by atoms with Crippen LogP contribution in [0.25, 0.3) is 0 Å². The minimum Gasteiger partial charge on any atom is -0.329 e. The molecule has 2 amide bonds. The molecule has 94 valence electrons. The molecule has 0 aromatic rings. The largest absolute Gasteiger partial charge is 0.329 e. The number of hydrogen-bond donors (Lipinski definition) is 0. The van der Waals surface area contributed by atoms with Crippen molar-refractivity contribution in [2.45, 2.75) is 57.7 Å². The van der Waals surface area contributed by atoms with Crippen molar-refractivity contribution in [2.24, 2.45) is 5.92 Å². The van der Waals surface area contributed by atoms with Gasteiger partial charge in [0.2, 0.25) is 11.8 Å². The molecule has 3 aliphatic rings. The molecule has 0 bridgehead atoms. The van der Waals surface area contributed by atoms with Crippen LogP contribution in [0.4, 0.5) is 0 Å². The van der Waals surface area contributed by atoms with Gasteiger partial charge in [-0.15, -0.1) is 0 Å². The van der Waals surface area contributed by atoms with Crippen molar-refractivity contribution in [1.82, 2.24) is 9.80 Å². The molecule has 2 heterocycles. The number of carbonyl (C=O) groups is 2. The lowest BCUT2D eigenvalue weighted by Crippen LogP contribution is -2.65. The zero-order chi connectivity index (χ0) is 12.2. The molecule has 0 spiro atoms. The Morgan fingerprint density at radius 2 is 1.82 bits per heavy atom. The predicted molar refractivity (Wildman–Crippen MR) is 63.2 cm³/mol. The lowest BCUT2D eigenvalue weighted by atomic mass is 9.95. The van der Waals surface area contributed by atoms with E-state index in [-0.39, 0.29) is 23.9 Å². The highest BCUT2D eigenvalue weighted by Crippen LogP contribution is 2.39. The summed E-state index contributed by atoms with van der Waals surface area (Å²) in [4.78, 5) is 28.5. The second-order valence-electron chi connectivity index (χ2n) is 5.75. The van der Waals surface area contributed by atoms with Crippen LogP contribution in [0.1, 0.15) is 39.5 Å². The standard InChI is InChI=1S/C13H20N2O2/c1-8-7-11(8)15-9(2)12(16)14-6-4-3-5-10(14)13(15)17/h8-11H,3-7H2,1-2H3. The van der Waals surface area contributed by atoms with Crippen molar-refractivity contribution in [1.29, 1.82) is 0 Å². The average Bonchev–Trinajstić information content (AvgIpc) is 3.04. The van der Waals surface area contributed by atoms with E-state index in [2.05, 4.69) is 6.92 Å². The van der Waals surface area contributed by atoms with Crippen LogP contribution in [-0.2, 0) is 9.59 Å². The van der Waals surface area contributed by atoms with Gasteiger partial charge in [-0.2, -0.15) is 0 Å². The van der Waals surface area contributed by atoms with Gasteiger partial charge in [0.1, 0.15) is 12.1 Å². The normalized spacial score (nSPS) is 41.5. The van der Waals surface area contributed by atoms with E-state index in [1.54, 1.807) is 0 Å². The highest BCUT2D eigenvalue weighted by molar-refractivity contribution is 5.97. The third kappa shape index (κ3) is 1.57. The first-order valence-corrected chi connectivity index (χ1v) is 6.74. The fraction of sp³-hybridized carbons (Fsp3) is 0.846. The molecule has 0 aromatic carbocycles. The molecular weight excluding hydrogens is 216 g/mol. The van der Waals surface area contributed by atoms with Gasteiger partial charge in [0.05, 0.1) is 0 Å². The Bertz CT molecular complexity index is 368. The molecule has 3 fully saturated rings. The Morgan fingerprint density at radius 3 is 2.47 bits per heavy atom. The van der Waals surface area contributed by atoms with Crippen LogP contribution in [0.2, 0.25) is 0 Å². The van der Waals surface area contributed by atoms with Crippen molar-refractivity contribution in [3.63, 3.8) is 0 Å². The summed E-state index contributed by atoms with van der Waals surface area (Å²) in [5, 5.41) is 0. The number of rotatable bonds is 1. The molecule has 0 N–H and O–H groups in total. The zero-order valence-electron chi connectivity index (χ0n) is 10.6. The van der Waals surface area contributed by atoms with Crippen molar-refractivity contribution in [3.05, 3.63) is 0 Å². The first kappa shape index (κ1) is 11.1. The van der Waals surface area contributed by atoms with E-state index in [4.69, 9.17) is 0 Å². The molecule has 1 saturated carbocycles. The van der Waals surface area contributed by atoms with Crippen LogP contribution < -0.4 is 0 Å². The third-order valence-electron chi connectivity index (χ3n) is 4.52. The monoisotopic (exact) mass is 236 g/mol. The topological polar surface area (TPSA) is 40.6 Å². The van der Waals surface area contributed by atoms with Gasteiger partial charge in [0, 0.05) is 12.6 Å². The maximum atomic E-state index is 12.5. The number of nitrogens with zero attached hydrogens (tertiary/aromatic N) is 2. The van der Waals surface area contributed by atoms with Crippen molar-refractivity contribution < 1.29 is 9.59 Å². The van der Waals surface area contributed by atoms with Gasteiger partial charge in [-0.1, -0.05) is 6.92 Å². The summed E-state index contributed by atoms with van der Waals surface area (Å²) in [6.45, 7) is 4.81. The Morgan fingerprint density at radius 1 is 1.12 bits per heavy atom. The molecule has 2 saturated heterocycles. The number of piperidine rings is 1. The van der Waals surface area contributed by atoms with E-state index >= 15 is 0 Å². The summed E-state index contributed by atoms with van der Waals surface area (Å²) in [5.74, 6) is 0.934. The average molecular weight is 236 g/mol. The first-order chi connectivity index (χ1) is 8.11. The number of piperazine rings is 1. The van der Waals surface area contributed by atoms with Gasteiger partial charge < -0.3 is 9.80 Å². The van der Waals surface area contributed by atoms with Gasteiger partial charge in [-0.25, -0.2) is 0 Å². The smallest absolute Gasteiger partial charge is 0.246 e. The molecule has 0 radical (unpaired) electrons. The molecule has 17 heavy (non-hydrogen) atoms. The lowest BCUT2D eigenvalue weighted by molar-refractivity contribution is -0.163. The molecule has 3 rings (SSSR count). The van der Waals surface area contributed by atoms with Crippen LogP contribution in [0.15, 0.2) is 0 Å². The summed E-state index contributed by atoms with van der Waals surface area (Å²) < 4.78 is 0. The minimum absolute atomic E-state index is 0.153. The fourth-order valence-electron chi connectivity index (χ4n) is 3.31. The number of hydrogen-bond acceptors (Lipinski definition) is 2. The molecule has 1 aliphatic carbocycles. The summed E-state index contributed by atoms with van der Waals surface area (Å²) in [6.07, 6.45) is 4.04. The predicted octanol–water partition coefficient (Wildman–Crippen LogP) is 1.01. The van der Waals surface area contributed by atoms with Crippen LogP contribution >= 0.6 is 0 Å². The Labute approximate surface area is 102 Å². The highest BCUT2D eigenvalue weighted by atomic mass is 16.2. The van der Waals surface area contributed by atoms with E-state index in [0.717, 1.165) is 32.2 Å². The van der Waals surface area contributed by atoms with Crippen LogP contribution in [-0.4, -0.2) is 46.3 Å². The number of fused-ring (bicyclic) bond motifs is 1. The number of amides is 2. The SMILES string of the molecule is CC1CC1N1C(=O)C2CCCCN2C(=O)C1C. The van der Waals surface area contributed by atoms with Gasteiger partial charge in [0.15, 0.2) is 0 Å². The molecule has 2 aliphatic heterocycles. The van der Waals surface area contributed by atoms with Crippen molar-refractivity contribution in [3.8, 4) is 0 Å². The molecule has 4 nitrogen and oxygen atoms in total. The molecule has 4 atom stereocenters. The quantitative estimate of drug-likeness (QED) is 0.681. The van der Waals surface area contributed by atoms with Gasteiger partial charge in [0.25, 0.3) is 0 Å². The Hall–Kier alpha value is -1.06. The molecular formula is C13H20N2O2. The van der Waals surface area contributed by atoms with Crippen molar-refractivity contribution in [2.75, 3.05) is 6.54 Å². The molecule has 4 unspecified atom stereocenters. The second kappa shape index (κ2) is 3.72.